The van der Waals surface area contributed by atoms with Gasteiger partial charge in [-0.1, -0.05) is 23.8 Å². The highest BCUT2D eigenvalue weighted by Crippen LogP contribution is 2.29. The molecule has 0 aromatic heterocycles. The molecule has 2 aromatic carbocycles. The molecular formula is C16H10NO4-. The Labute approximate surface area is 120 Å². The molecule has 1 aliphatic rings. The van der Waals surface area contributed by atoms with Gasteiger partial charge in [-0.15, -0.1) is 0 Å². The summed E-state index contributed by atoms with van der Waals surface area (Å²) in [6, 6.07) is 10.6. The predicted molar refractivity (Wildman–Crippen MR) is 73.1 cm³/mol. The summed E-state index contributed by atoms with van der Waals surface area (Å²) in [5, 5.41) is 10.9. The average Bonchev–Trinajstić information content (AvgIpc) is 2.70. The lowest BCUT2D eigenvalue weighted by atomic mass is 10.1. The molecule has 2 amide bonds. The average molecular weight is 280 g/mol. The van der Waals surface area contributed by atoms with Gasteiger partial charge in [0.2, 0.25) is 0 Å². The molecule has 0 atom stereocenters. The van der Waals surface area contributed by atoms with Gasteiger partial charge < -0.3 is 9.90 Å². The van der Waals surface area contributed by atoms with Gasteiger partial charge in [0.1, 0.15) is 0 Å². The van der Waals surface area contributed by atoms with E-state index in [0.29, 0.717) is 11.1 Å². The van der Waals surface area contributed by atoms with Gasteiger partial charge in [-0.05, 0) is 36.8 Å². The Balaban J connectivity index is 2.10. The zero-order valence-corrected chi connectivity index (χ0v) is 11.1. The third-order valence-corrected chi connectivity index (χ3v) is 3.38. The number of benzene rings is 2. The van der Waals surface area contributed by atoms with Gasteiger partial charge in [0.15, 0.2) is 0 Å². The van der Waals surface area contributed by atoms with E-state index >= 15 is 0 Å². The van der Waals surface area contributed by atoms with E-state index in [4.69, 9.17) is 0 Å². The van der Waals surface area contributed by atoms with Gasteiger partial charge in [0.05, 0.1) is 22.8 Å². The minimum atomic E-state index is -1.36. The largest absolute Gasteiger partial charge is 0.545 e. The Hall–Kier alpha value is -2.95. The number of anilines is 1. The number of nitrogens with zero attached hydrogens (tertiary/aromatic N) is 1. The van der Waals surface area contributed by atoms with Crippen LogP contribution in [0.4, 0.5) is 5.69 Å². The fourth-order valence-electron chi connectivity index (χ4n) is 2.36. The van der Waals surface area contributed by atoms with E-state index in [-0.39, 0.29) is 11.3 Å². The highest BCUT2D eigenvalue weighted by molar-refractivity contribution is 6.34. The third kappa shape index (κ3) is 1.99. The lowest BCUT2D eigenvalue weighted by molar-refractivity contribution is -0.255. The standard InChI is InChI=1S/C16H11NO4/c1-9-5-6-12-13(7-9)15(19)17(14(12)18)11-4-2-3-10(8-11)16(20)21/h2-8H,1H3,(H,20,21)/p-1. The van der Waals surface area contributed by atoms with Crippen LogP contribution in [0, 0.1) is 6.92 Å². The summed E-state index contributed by atoms with van der Waals surface area (Å²) < 4.78 is 0. The molecule has 0 radical (unpaired) electrons. The zero-order valence-electron chi connectivity index (χ0n) is 11.1. The minimum Gasteiger partial charge on any atom is -0.545 e. The normalized spacial score (nSPS) is 13.5. The molecule has 2 aromatic rings. The summed E-state index contributed by atoms with van der Waals surface area (Å²) in [6.07, 6.45) is 0. The summed E-state index contributed by atoms with van der Waals surface area (Å²) >= 11 is 0. The molecule has 5 nitrogen and oxygen atoms in total. The molecule has 104 valence electrons. The quantitative estimate of drug-likeness (QED) is 0.773. The lowest BCUT2D eigenvalue weighted by Gasteiger charge is -2.15. The molecule has 21 heavy (non-hydrogen) atoms. The van der Waals surface area contributed by atoms with E-state index in [0.717, 1.165) is 10.5 Å². The Bertz CT molecular complexity index is 795. The van der Waals surface area contributed by atoms with Crippen molar-refractivity contribution in [2.75, 3.05) is 4.90 Å². The molecule has 0 bridgehead atoms. The highest BCUT2D eigenvalue weighted by atomic mass is 16.4. The van der Waals surface area contributed by atoms with Crippen LogP contribution < -0.4 is 10.0 Å². The fraction of sp³-hybridized carbons (Fsp3) is 0.0625. The first-order chi connectivity index (χ1) is 9.99. The van der Waals surface area contributed by atoms with Crippen LogP contribution in [0.3, 0.4) is 0 Å². The number of carboxylic acid groups (broad SMARTS) is 1. The van der Waals surface area contributed by atoms with Gasteiger partial charge in [0, 0.05) is 0 Å². The number of amides is 2. The Kier molecular flexibility index (Phi) is 2.83. The number of carbonyl (C=O) groups is 3. The van der Waals surface area contributed by atoms with Crippen molar-refractivity contribution in [1.82, 2.24) is 0 Å². The molecule has 0 saturated heterocycles. The number of imide groups is 1. The summed E-state index contributed by atoms with van der Waals surface area (Å²) in [5.74, 6) is -2.26. The van der Waals surface area contributed by atoms with Crippen molar-refractivity contribution in [1.29, 1.82) is 0 Å². The van der Waals surface area contributed by atoms with E-state index in [9.17, 15) is 19.5 Å². The third-order valence-electron chi connectivity index (χ3n) is 3.38. The first-order valence-electron chi connectivity index (χ1n) is 6.30. The highest BCUT2D eigenvalue weighted by Gasteiger charge is 2.36. The van der Waals surface area contributed by atoms with Crippen molar-refractivity contribution >= 4 is 23.5 Å². The maximum atomic E-state index is 12.4. The summed E-state index contributed by atoms with van der Waals surface area (Å²) in [5.41, 5.74) is 1.67. The van der Waals surface area contributed by atoms with Gasteiger partial charge in [-0.25, -0.2) is 4.90 Å². The van der Waals surface area contributed by atoms with Gasteiger partial charge in [-0.2, -0.15) is 0 Å². The van der Waals surface area contributed by atoms with Crippen molar-refractivity contribution in [3.05, 3.63) is 64.7 Å². The predicted octanol–water partition coefficient (Wildman–Crippen LogP) is 1.16. The summed E-state index contributed by atoms with van der Waals surface area (Å²) in [7, 11) is 0. The molecule has 0 saturated carbocycles. The molecule has 5 heteroatoms. The Morgan fingerprint density at radius 3 is 2.43 bits per heavy atom. The zero-order chi connectivity index (χ0) is 15.1. The number of fused-ring (bicyclic) bond motifs is 1. The Morgan fingerprint density at radius 1 is 1.00 bits per heavy atom. The van der Waals surface area contributed by atoms with Crippen LogP contribution in [0.5, 0.6) is 0 Å². The molecule has 0 N–H and O–H groups in total. The molecule has 0 aliphatic carbocycles. The monoisotopic (exact) mass is 280 g/mol. The summed E-state index contributed by atoms with van der Waals surface area (Å²) in [4.78, 5) is 36.6. The molecular weight excluding hydrogens is 270 g/mol. The second-order valence-electron chi connectivity index (χ2n) is 4.83. The first-order valence-corrected chi connectivity index (χ1v) is 6.30. The molecule has 0 spiro atoms. The second-order valence-corrected chi connectivity index (χ2v) is 4.83. The first kappa shape index (κ1) is 13.1. The smallest absolute Gasteiger partial charge is 0.266 e. The van der Waals surface area contributed by atoms with Crippen molar-refractivity contribution in [3.8, 4) is 0 Å². The topological polar surface area (TPSA) is 77.5 Å². The van der Waals surface area contributed by atoms with Gasteiger partial charge >= 0.3 is 0 Å². The Morgan fingerprint density at radius 2 is 1.71 bits per heavy atom. The van der Waals surface area contributed by atoms with E-state index < -0.39 is 17.8 Å². The van der Waals surface area contributed by atoms with Crippen LogP contribution in [0.2, 0.25) is 0 Å². The molecule has 1 aliphatic heterocycles. The van der Waals surface area contributed by atoms with Crippen LogP contribution in [0.15, 0.2) is 42.5 Å². The van der Waals surface area contributed by atoms with E-state index in [1.54, 1.807) is 18.2 Å². The van der Waals surface area contributed by atoms with E-state index in [2.05, 4.69) is 0 Å². The number of carbonyl (C=O) groups excluding carboxylic acids is 3. The SMILES string of the molecule is Cc1ccc2c(c1)C(=O)N(c1cccc(C(=O)[O-])c1)C2=O. The number of hydrogen-bond acceptors (Lipinski definition) is 4. The minimum absolute atomic E-state index is 0.0831. The van der Waals surface area contributed by atoms with Crippen LogP contribution >= 0.6 is 0 Å². The number of carboxylic acids is 1. The van der Waals surface area contributed by atoms with E-state index in [1.165, 1.54) is 24.3 Å². The van der Waals surface area contributed by atoms with Crippen molar-refractivity contribution in [2.45, 2.75) is 6.92 Å². The van der Waals surface area contributed by atoms with Crippen molar-refractivity contribution < 1.29 is 19.5 Å². The maximum absolute atomic E-state index is 12.4. The van der Waals surface area contributed by atoms with Crippen molar-refractivity contribution in [2.24, 2.45) is 0 Å². The number of aryl methyl sites for hydroxylation is 1. The number of rotatable bonds is 2. The van der Waals surface area contributed by atoms with Crippen molar-refractivity contribution in [3.63, 3.8) is 0 Å². The number of aromatic carboxylic acids is 1. The summed E-state index contributed by atoms with van der Waals surface area (Å²) in [6.45, 7) is 1.83. The fourth-order valence-corrected chi connectivity index (χ4v) is 2.36. The molecule has 3 rings (SSSR count). The van der Waals surface area contributed by atoms with E-state index in [1.807, 2.05) is 6.92 Å². The van der Waals surface area contributed by atoms with Gasteiger partial charge in [-0.3, -0.25) is 9.59 Å². The van der Waals surface area contributed by atoms with Crippen LogP contribution in [-0.4, -0.2) is 17.8 Å². The second kappa shape index (κ2) is 4.56. The van der Waals surface area contributed by atoms with Crippen LogP contribution in [0.1, 0.15) is 36.6 Å². The molecule has 0 unspecified atom stereocenters. The van der Waals surface area contributed by atoms with Gasteiger partial charge in [0.25, 0.3) is 11.8 Å². The lowest BCUT2D eigenvalue weighted by Crippen LogP contribution is -2.30. The van der Waals surface area contributed by atoms with Crippen LogP contribution in [0.25, 0.3) is 0 Å². The number of hydrogen-bond donors (Lipinski definition) is 0. The van der Waals surface area contributed by atoms with Crippen LogP contribution in [-0.2, 0) is 0 Å². The maximum Gasteiger partial charge on any atom is 0.266 e. The molecule has 1 heterocycles. The molecule has 0 fully saturated rings.